The van der Waals surface area contributed by atoms with Gasteiger partial charge in [-0.05, 0) is 25.1 Å². The minimum Gasteiger partial charge on any atom is -0.496 e. The molecule has 0 aliphatic rings. The van der Waals surface area contributed by atoms with E-state index in [4.69, 9.17) is 4.74 Å². The number of aliphatic hydroxyl groups is 1. The summed E-state index contributed by atoms with van der Waals surface area (Å²) in [6, 6.07) is 6.72. The second kappa shape index (κ2) is 11.1. The maximum atomic E-state index is 14.0. The van der Waals surface area contributed by atoms with Crippen molar-refractivity contribution in [2.45, 2.75) is 13.0 Å². The molecule has 0 saturated heterocycles. The zero-order chi connectivity index (χ0) is 26.6. The van der Waals surface area contributed by atoms with Gasteiger partial charge in [0.15, 0.2) is 23.2 Å². The zero-order valence-electron chi connectivity index (χ0n) is 19.0. The summed E-state index contributed by atoms with van der Waals surface area (Å²) in [4.78, 5) is 39.0. The van der Waals surface area contributed by atoms with Crippen LogP contribution in [-0.4, -0.2) is 54.5 Å². The Kier molecular flexibility index (Phi) is 8.14. The fraction of sp³-hybridized carbons (Fsp3) is 0.261. The number of aliphatic hydroxyl groups excluding tert-OH is 1. The van der Waals surface area contributed by atoms with Crippen LogP contribution < -0.4 is 20.1 Å². The van der Waals surface area contributed by atoms with Crippen LogP contribution >= 0.6 is 0 Å². The Hall–Kier alpha value is -4.13. The van der Waals surface area contributed by atoms with Crippen LogP contribution in [0.2, 0.25) is 0 Å². The van der Waals surface area contributed by atoms with E-state index in [-0.39, 0.29) is 5.69 Å². The van der Waals surface area contributed by atoms with E-state index in [0.717, 1.165) is 6.92 Å². The molecule has 0 radical (unpaired) electrons. The maximum absolute atomic E-state index is 14.0. The summed E-state index contributed by atoms with van der Waals surface area (Å²) < 4.78 is 65.6. The van der Waals surface area contributed by atoms with Gasteiger partial charge in [-0.15, -0.1) is 0 Å². The third-order valence-corrected chi connectivity index (χ3v) is 5.03. The summed E-state index contributed by atoms with van der Waals surface area (Å²) in [6.45, 7) is -1.27. The number of halogens is 4. The van der Waals surface area contributed by atoms with Crippen molar-refractivity contribution in [2.24, 2.45) is 0 Å². The lowest BCUT2D eigenvalue weighted by molar-refractivity contribution is -0.125. The lowest BCUT2D eigenvalue weighted by Gasteiger charge is -2.14. The van der Waals surface area contributed by atoms with Crippen LogP contribution in [0.4, 0.5) is 17.6 Å². The van der Waals surface area contributed by atoms with Gasteiger partial charge in [0, 0.05) is 10.9 Å². The van der Waals surface area contributed by atoms with Crippen LogP contribution in [-0.2, 0) is 9.59 Å². The quantitative estimate of drug-likeness (QED) is 0.244. The van der Waals surface area contributed by atoms with Crippen molar-refractivity contribution < 1.29 is 46.5 Å². The molecule has 192 valence electrons. The van der Waals surface area contributed by atoms with Crippen molar-refractivity contribution in [3.8, 4) is 11.5 Å². The lowest BCUT2D eigenvalue weighted by atomic mass is 10.1. The molecular weight excluding hydrogens is 490 g/mol. The molecule has 0 bridgehead atoms. The van der Waals surface area contributed by atoms with Gasteiger partial charge in [-0.25, -0.2) is 8.78 Å². The van der Waals surface area contributed by atoms with Crippen molar-refractivity contribution in [3.05, 3.63) is 58.8 Å². The predicted octanol–water partition coefficient (Wildman–Crippen LogP) is 2.28. The van der Waals surface area contributed by atoms with E-state index in [1.807, 2.05) is 0 Å². The van der Waals surface area contributed by atoms with Crippen LogP contribution in [0.3, 0.4) is 0 Å². The molecule has 0 fully saturated rings. The minimum atomic E-state index is -1.92. The number of methoxy groups -OCH3 is 1. The van der Waals surface area contributed by atoms with Crippen molar-refractivity contribution in [2.75, 3.05) is 26.8 Å². The monoisotopic (exact) mass is 511 g/mol. The summed E-state index contributed by atoms with van der Waals surface area (Å²) in [6.07, 6.45) is -1.83. The Labute approximate surface area is 201 Å². The highest BCUT2D eigenvalue weighted by Crippen LogP contribution is 2.33. The Morgan fingerprint density at radius 2 is 1.69 bits per heavy atom. The molecular formula is C23H21F4N3O6. The molecule has 3 rings (SSSR count). The van der Waals surface area contributed by atoms with Crippen LogP contribution in [0.25, 0.3) is 10.9 Å². The Bertz CT molecular complexity index is 1300. The van der Waals surface area contributed by atoms with E-state index in [1.165, 1.54) is 7.11 Å². The number of H-pyrrole nitrogens is 1. The minimum absolute atomic E-state index is 0.164. The molecule has 3 aromatic rings. The number of carbonyl (C=O) groups is 3. The Balaban J connectivity index is 1.50. The van der Waals surface area contributed by atoms with Gasteiger partial charge in [0.25, 0.3) is 5.91 Å². The number of ether oxygens (including phenoxy) is 2. The number of hydrogen-bond acceptors (Lipinski definition) is 6. The number of rotatable bonds is 10. The molecule has 4 N–H and O–H groups in total. The standard InChI is InChI=1S/C23H21F4N3O6/c1-10(31)17-18(24)20(26)22(21(27)19(17)25)36-9-11(32)7-28-16(33)8-29-23(34)14-6-12-13(30-14)4-3-5-15(12)35-2/h3-6,10,30-31H,7-9H2,1-2H3,(H,28,33)(H,29,34). The number of amides is 2. The molecule has 36 heavy (non-hydrogen) atoms. The van der Waals surface area contributed by atoms with Crippen molar-refractivity contribution in [1.82, 2.24) is 15.6 Å². The molecule has 0 saturated carbocycles. The molecule has 2 amide bonds. The SMILES string of the molecule is COc1cccc2[nH]c(C(=O)NCC(=O)NCC(=O)COc3c(F)c(F)c(C(C)O)c(F)c3F)cc12. The van der Waals surface area contributed by atoms with Crippen LogP contribution in [0.5, 0.6) is 11.5 Å². The first kappa shape index (κ1) is 26.5. The summed E-state index contributed by atoms with van der Waals surface area (Å²) >= 11 is 0. The van der Waals surface area contributed by atoms with Gasteiger partial charge in [-0.1, -0.05) is 6.07 Å². The van der Waals surface area contributed by atoms with Crippen LogP contribution in [0.15, 0.2) is 24.3 Å². The highest BCUT2D eigenvalue weighted by molar-refractivity contribution is 6.01. The molecule has 13 heteroatoms. The highest BCUT2D eigenvalue weighted by Gasteiger charge is 2.29. The predicted molar refractivity (Wildman–Crippen MR) is 118 cm³/mol. The van der Waals surface area contributed by atoms with E-state index in [0.29, 0.717) is 16.7 Å². The third-order valence-electron chi connectivity index (χ3n) is 5.03. The highest BCUT2D eigenvalue weighted by atomic mass is 19.2. The largest absolute Gasteiger partial charge is 0.496 e. The third kappa shape index (κ3) is 5.57. The number of Topliss-reactive ketones (excluding diaryl/α,β-unsaturated/α-hetero) is 1. The molecule has 2 aromatic carbocycles. The summed E-state index contributed by atoms with van der Waals surface area (Å²) in [5.74, 6) is -10.7. The second-order valence-electron chi connectivity index (χ2n) is 7.57. The van der Waals surface area contributed by atoms with Crippen LogP contribution in [0, 0.1) is 23.3 Å². The summed E-state index contributed by atoms with van der Waals surface area (Å²) in [7, 11) is 1.48. The van der Waals surface area contributed by atoms with E-state index in [2.05, 4.69) is 20.4 Å². The van der Waals surface area contributed by atoms with E-state index >= 15 is 0 Å². The average molecular weight is 511 g/mol. The molecule has 0 aliphatic heterocycles. The number of fused-ring (bicyclic) bond motifs is 1. The first-order valence-corrected chi connectivity index (χ1v) is 10.4. The van der Waals surface area contributed by atoms with Gasteiger partial charge in [0.2, 0.25) is 17.5 Å². The summed E-state index contributed by atoms with van der Waals surface area (Å²) in [5.41, 5.74) is -0.413. The van der Waals surface area contributed by atoms with Gasteiger partial charge in [-0.2, -0.15) is 8.78 Å². The van der Waals surface area contributed by atoms with Crippen LogP contribution in [0.1, 0.15) is 29.1 Å². The van der Waals surface area contributed by atoms with Crippen molar-refractivity contribution in [1.29, 1.82) is 0 Å². The number of carbonyl (C=O) groups excluding carboxylic acids is 3. The smallest absolute Gasteiger partial charge is 0.268 e. The van der Waals surface area contributed by atoms with Gasteiger partial charge >= 0.3 is 0 Å². The van der Waals surface area contributed by atoms with Gasteiger partial charge in [0.1, 0.15) is 18.1 Å². The topological polar surface area (TPSA) is 130 Å². The van der Waals surface area contributed by atoms with Crippen molar-refractivity contribution in [3.63, 3.8) is 0 Å². The average Bonchev–Trinajstić information content (AvgIpc) is 3.29. The Morgan fingerprint density at radius 1 is 1.03 bits per heavy atom. The van der Waals surface area contributed by atoms with E-state index in [9.17, 15) is 37.1 Å². The zero-order valence-corrected chi connectivity index (χ0v) is 19.0. The van der Waals surface area contributed by atoms with Gasteiger partial charge < -0.3 is 30.2 Å². The van der Waals surface area contributed by atoms with Gasteiger partial charge in [-0.3, -0.25) is 14.4 Å². The number of nitrogens with one attached hydrogen (secondary N) is 3. The van der Waals surface area contributed by atoms with E-state index in [1.54, 1.807) is 24.3 Å². The maximum Gasteiger partial charge on any atom is 0.268 e. The molecule has 0 aliphatic carbocycles. The Morgan fingerprint density at radius 3 is 2.31 bits per heavy atom. The normalized spacial score (nSPS) is 11.8. The molecule has 0 spiro atoms. The number of aromatic nitrogens is 1. The number of hydrogen-bond donors (Lipinski definition) is 4. The molecule has 1 aromatic heterocycles. The van der Waals surface area contributed by atoms with E-state index < -0.39 is 78.0 Å². The number of ketones is 1. The first-order valence-electron chi connectivity index (χ1n) is 10.4. The fourth-order valence-electron chi connectivity index (χ4n) is 3.27. The summed E-state index contributed by atoms with van der Waals surface area (Å²) in [5, 5.41) is 14.5. The first-order chi connectivity index (χ1) is 17.0. The van der Waals surface area contributed by atoms with Crippen molar-refractivity contribution >= 4 is 28.5 Å². The van der Waals surface area contributed by atoms with Gasteiger partial charge in [0.05, 0.1) is 31.9 Å². The number of aromatic amines is 1. The fourth-order valence-corrected chi connectivity index (χ4v) is 3.27. The molecule has 1 heterocycles. The molecule has 9 nitrogen and oxygen atoms in total. The second-order valence-corrected chi connectivity index (χ2v) is 7.57. The molecule has 1 atom stereocenters. The lowest BCUT2D eigenvalue weighted by Crippen LogP contribution is -2.40. The number of benzene rings is 2. The molecule has 1 unspecified atom stereocenters.